The van der Waals surface area contributed by atoms with Gasteiger partial charge in [0.2, 0.25) is 5.89 Å². The largest absolute Gasteiger partial charge is 0.479 e. The highest BCUT2D eigenvalue weighted by Gasteiger charge is 2.12. The first kappa shape index (κ1) is 12.6. The van der Waals surface area contributed by atoms with Gasteiger partial charge in [-0.25, -0.2) is 4.98 Å². The Labute approximate surface area is 116 Å². The number of aromatic hydroxyl groups is 1. The van der Waals surface area contributed by atoms with E-state index in [2.05, 4.69) is 9.98 Å². The number of hydrogen-bond acceptors (Lipinski definition) is 5. The third-order valence-electron chi connectivity index (χ3n) is 2.95. The van der Waals surface area contributed by atoms with E-state index in [-0.39, 0.29) is 5.95 Å². The molecule has 0 bridgehead atoms. The van der Waals surface area contributed by atoms with Crippen LogP contribution >= 0.6 is 0 Å². The van der Waals surface area contributed by atoms with Crippen LogP contribution in [0.25, 0.3) is 11.5 Å². The first-order valence-corrected chi connectivity index (χ1v) is 6.39. The normalized spacial score (nSPS) is 15.5. The lowest BCUT2D eigenvalue weighted by molar-refractivity contribution is 0.154. The van der Waals surface area contributed by atoms with E-state index in [1.165, 1.54) is 6.21 Å². The topological polar surface area (TPSA) is 67.9 Å². The Hall–Kier alpha value is -2.40. The molecule has 0 fully saturated rings. The first-order valence-electron chi connectivity index (χ1n) is 6.39. The lowest BCUT2D eigenvalue weighted by Crippen LogP contribution is -2.03. The molecule has 5 heteroatoms. The summed E-state index contributed by atoms with van der Waals surface area (Å²) in [4.78, 5) is 8.53. The van der Waals surface area contributed by atoms with Crippen molar-refractivity contribution in [2.75, 3.05) is 13.2 Å². The van der Waals surface area contributed by atoms with Crippen LogP contribution in [0.4, 0.5) is 0 Å². The summed E-state index contributed by atoms with van der Waals surface area (Å²) in [5.74, 6) is 0.158. The van der Waals surface area contributed by atoms with Gasteiger partial charge in [0.25, 0.3) is 0 Å². The predicted molar refractivity (Wildman–Crippen MR) is 74.7 cm³/mol. The minimum absolute atomic E-state index is 0.222. The Kier molecular flexibility index (Phi) is 3.60. The molecule has 0 atom stereocenters. The molecule has 0 saturated heterocycles. The van der Waals surface area contributed by atoms with Gasteiger partial charge in [0.15, 0.2) is 5.69 Å². The SMILES string of the molecule is Oc1oc(-c2ccccc2)nc1C=NC1=CCOCC1. The molecule has 1 aliphatic rings. The average Bonchev–Trinajstić information content (AvgIpc) is 2.88. The molecule has 2 heterocycles. The number of ether oxygens (including phenoxy) is 1. The van der Waals surface area contributed by atoms with E-state index in [4.69, 9.17) is 9.15 Å². The molecule has 0 spiro atoms. The molecule has 0 saturated carbocycles. The van der Waals surface area contributed by atoms with Crippen molar-refractivity contribution in [1.82, 2.24) is 4.98 Å². The van der Waals surface area contributed by atoms with Crippen LogP contribution in [0.2, 0.25) is 0 Å². The van der Waals surface area contributed by atoms with E-state index in [9.17, 15) is 5.11 Å². The number of aliphatic imine (C=N–C) groups is 1. The summed E-state index contributed by atoms with van der Waals surface area (Å²) in [6, 6.07) is 9.42. The molecule has 20 heavy (non-hydrogen) atoms. The van der Waals surface area contributed by atoms with Crippen molar-refractivity contribution in [2.24, 2.45) is 4.99 Å². The van der Waals surface area contributed by atoms with Crippen LogP contribution in [-0.2, 0) is 4.74 Å². The number of hydrogen-bond donors (Lipinski definition) is 1. The summed E-state index contributed by atoms with van der Waals surface area (Å²) in [5.41, 5.74) is 2.07. The molecule has 0 aliphatic carbocycles. The lowest BCUT2D eigenvalue weighted by Gasteiger charge is -2.08. The van der Waals surface area contributed by atoms with E-state index >= 15 is 0 Å². The number of aromatic nitrogens is 1. The third kappa shape index (κ3) is 2.78. The fourth-order valence-electron chi connectivity index (χ4n) is 1.89. The molecule has 5 nitrogen and oxygen atoms in total. The molecule has 3 rings (SSSR count). The highest BCUT2D eigenvalue weighted by atomic mass is 16.5. The second-order valence-corrected chi connectivity index (χ2v) is 4.35. The molecule has 0 radical (unpaired) electrons. The van der Waals surface area contributed by atoms with Crippen LogP contribution in [0.15, 0.2) is 51.5 Å². The summed E-state index contributed by atoms with van der Waals surface area (Å²) < 4.78 is 10.5. The molecule has 102 valence electrons. The summed E-state index contributed by atoms with van der Waals surface area (Å²) in [6.45, 7) is 1.25. The fourth-order valence-corrected chi connectivity index (χ4v) is 1.89. The molecule has 1 aromatic carbocycles. The van der Waals surface area contributed by atoms with Crippen molar-refractivity contribution in [3.8, 4) is 17.4 Å². The third-order valence-corrected chi connectivity index (χ3v) is 2.95. The Morgan fingerprint density at radius 3 is 2.85 bits per heavy atom. The minimum Gasteiger partial charge on any atom is -0.479 e. The van der Waals surface area contributed by atoms with E-state index in [1.807, 2.05) is 36.4 Å². The first-order chi connectivity index (χ1) is 9.83. The van der Waals surface area contributed by atoms with Crippen LogP contribution < -0.4 is 0 Å². The Balaban J connectivity index is 1.82. The van der Waals surface area contributed by atoms with Gasteiger partial charge in [-0.15, -0.1) is 0 Å². The maximum Gasteiger partial charge on any atom is 0.312 e. The summed E-state index contributed by atoms with van der Waals surface area (Å²) in [6.07, 6.45) is 4.19. The lowest BCUT2D eigenvalue weighted by atomic mass is 10.2. The van der Waals surface area contributed by atoms with Gasteiger partial charge in [-0.2, -0.15) is 0 Å². The number of nitrogens with zero attached hydrogens (tertiary/aromatic N) is 2. The second-order valence-electron chi connectivity index (χ2n) is 4.35. The molecule has 0 unspecified atom stereocenters. The van der Waals surface area contributed by atoms with E-state index in [1.54, 1.807) is 0 Å². The monoisotopic (exact) mass is 270 g/mol. The van der Waals surface area contributed by atoms with Crippen molar-refractivity contribution < 1.29 is 14.3 Å². The maximum absolute atomic E-state index is 9.76. The Morgan fingerprint density at radius 2 is 2.10 bits per heavy atom. The van der Waals surface area contributed by atoms with Crippen molar-refractivity contribution in [1.29, 1.82) is 0 Å². The van der Waals surface area contributed by atoms with E-state index < -0.39 is 0 Å². The zero-order valence-electron chi connectivity index (χ0n) is 10.8. The van der Waals surface area contributed by atoms with Crippen LogP contribution in [0, 0.1) is 0 Å². The fraction of sp³-hybridized carbons (Fsp3) is 0.200. The zero-order chi connectivity index (χ0) is 13.8. The smallest absolute Gasteiger partial charge is 0.312 e. The molecular formula is C15H14N2O3. The predicted octanol–water partition coefficient (Wildman–Crippen LogP) is 2.77. The molecule has 1 aliphatic heterocycles. The maximum atomic E-state index is 9.76. The van der Waals surface area contributed by atoms with Crippen molar-refractivity contribution in [3.63, 3.8) is 0 Å². The van der Waals surface area contributed by atoms with Crippen LogP contribution in [0.1, 0.15) is 12.1 Å². The van der Waals surface area contributed by atoms with Gasteiger partial charge in [0, 0.05) is 17.7 Å². The summed E-state index contributed by atoms with van der Waals surface area (Å²) in [7, 11) is 0. The summed E-state index contributed by atoms with van der Waals surface area (Å²) in [5, 5.41) is 9.76. The van der Waals surface area contributed by atoms with Gasteiger partial charge in [-0.1, -0.05) is 18.2 Å². The summed E-state index contributed by atoms with van der Waals surface area (Å²) >= 11 is 0. The Bertz CT molecular complexity index is 644. The van der Waals surface area contributed by atoms with Crippen LogP contribution in [0.5, 0.6) is 5.95 Å². The molecule has 1 aromatic heterocycles. The van der Waals surface area contributed by atoms with Gasteiger partial charge >= 0.3 is 5.95 Å². The minimum atomic E-state index is -0.222. The van der Waals surface area contributed by atoms with Crippen molar-refractivity contribution >= 4 is 6.21 Å². The van der Waals surface area contributed by atoms with Crippen molar-refractivity contribution in [2.45, 2.75) is 6.42 Å². The molecule has 2 aromatic rings. The number of oxazole rings is 1. The second kappa shape index (κ2) is 5.71. The molecule has 1 N–H and O–H groups in total. The van der Waals surface area contributed by atoms with E-state index in [0.717, 1.165) is 17.7 Å². The Morgan fingerprint density at radius 1 is 1.25 bits per heavy atom. The van der Waals surface area contributed by atoms with Crippen LogP contribution in [-0.4, -0.2) is 29.5 Å². The average molecular weight is 270 g/mol. The van der Waals surface area contributed by atoms with E-state index in [0.29, 0.717) is 24.8 Å². The molecular weight excluding hydrogens is 256 g/mol. The quantitative estimate of drug-likeness (QED) is 0.871. The van der Waals surface area contributed by atoms with Gasteiger partial charge in [0.05, 0.1) is 19.4 Å². The van der Waals surface area contributed by atoms with Crippen LogP contribution in [0.3, 0.4) is 0 Å². The number of benzene rings is 1. The van der Waals surface area contributed by atoms with Gasteiger partial charge in [-0.3, -0.25) is 4.99 Å². The number of rotatable bonds is 3. The van der Waals surface area contributed by atoms with Crippen molar-refractivity contribution in [3.05, 3.63) is 47.8 Å². The zero-order valence-corrected chi connectivity index (χ0v) is 10.8. The molecule has 0 amide bonds. The highest BCUT2D eigenvalue weighted by Crippen LogP contribution is 2.25. The standard InChI is InChI=1S/C15H14N2O3/c18-15-13(10-16-12-6-8-19-9-7-12)17-14(20-15)11-4-2-1-3-5-11/h1-6,10,18H,7-9H2. The highest BCUT2D eigenvalue weighted by molar-refractivity contribution is 5.81. The van der Waals surface area contributed by atoms with Gasteiger partial charge in [-0.05, 0) is 18.2 Å². The van der Waals surface area contributed by atoms with Gasteiger partial charge < -0.3 is 14.3 Å². The van der Waals surface area contributed by atoms with Gasteiger partial charge in [0.1, 0.15) is 0 Å².